The Morgan fingerprint density at radius 3 is 2.47 bits per heavy atom. The molecule has 3 N–H and O–H groups in total. The molecule has 12 heteroatoms. The molecule has 1 aliphatic heterocycles. The van der Waals surface area contributed by atoms with Crippen LogP contribution in [0.25, 0.3) is 0 Å². The highest BCUT2D eigenvalue weighted by atomic mass is 32.2. The van der Waals surface area contributed by atoms with Gasteiger partial charge in [-0.1, -0.05) is 57.0 Å². The molecule has 232 valence electrons. The number of hydrazine groups is 1. The lowest BCUT2D eigenvalue weighted by atomic mass is 10.00. The van der Waals surface area contributed by atoms with E-state index >= 15 is 0 Å². The molecule has 2 aliphatic rings. The molecule has 2 aromatic rings. The Bertz CT molecular complexity index is 1440. The largest absolute Gasteiger partial charge is 0.454 e. The third kappa shape index (κ3) is 8.93. The number of aliphatic hydroxyl groups is 1. The lowest BCUT2D eigenvalue weighted by molar-refractivity contribution is -0.142. The summed E-state index contributed by atoms with van der Waals surface area (Å²) < 4.78 is 39.7. The first kappa shape index (κ1) is 32.3. The first-order valence-corrected chi connectivity index (χ1v) is 16.0. The molecule has 4 rings (SSSR count). The normalized spacial score (nSPS) is 15.5. The van der Waals surface area contributed by atoms with Gasteiger partial charge in [0.15, 0.2) is 11.5 Å². The zero-order valence-corrected chi connectivity index (χ0v) is 25.6. The molecule has 11 nitrogen and oxygen atoms in total. The number of benzene rings is 2. The molecule has 43 heavy (non-hydrogen) atoms. The van der Waals surface area contributed by atoms with Crippen LogP contribution in [0, 0.1) is 17.8 Å². The van der Waals surface area contributed by atoms with Crippen LogP contribution in [0.3, 0.4) is 0 Å². The van der Waals surface area contributed by atoms with E-state index < -0.39 is 34.0 Å². The first-order chi connectivity index (χ1) is 20.6. The summed E-state index contributed by atoms with van der Waals surface area (Å²) in [6.07, 6.45) is 1.12. The molecule has 0 spiro atoms. The Hall–Kier alpha value is -3.63. The predicted octanol–water partition coefficient (Wildman–Crippen LogP) is 2.06. The van der Waals surface area contributed by atoms with E-state index in [0.29, 0.717) is 17.9 Å². The van der Waals surface area contributed by atoms with Gasteiger partial charge in [0, 0.05) is 31.6 Å². The zero-order chi connectivity index (χ0) is 31.0. The smallest absolute Gasteiger partial charge is 0.317 e. The molecular formula is C31H40N4O7S. The van der Waals surface area contributed by atoms with Crippen molar-refractivity contribution in [3.05, 3.63) is 54.1 Å². The molecule has 2 atom stereocenters. The van der Waals surface area contributed by atoms with Crippen LogP contribution in [0.4, 0.5) is 0 Å². The number of fused-ring (bicyclic) bond motifs is 1. The molecular weight excluding hydrogens is 572 g/mol. The monoisotopic (exact) mass is 612 g/mol. The van der Waals surface area contributed by atoms with Crippen LogP contribution in [0.1, 0.15) is 45.6 Å². The number of sulfonamides is 1. The summed E-state index contributed by atoms with van der Waals surface area (Å²) in [4.78, 5) is 26.3. The first-order valence-electron chi connectivity index (χ1n) is 14.5. The third-order valence-electron chi connectivity index (χ3n) is 6.97. The predicted molar refractivity (Wildman–Crippen MR) is 160 cm³/mol. The van der Waals surface area contributed by atoms with Gasteiger partial charge in [0.05, 0.1) is 23.6 Å². The van der Waals surface area contributed by atoms with Gasteiger partial charge in [-0.15, -0.1) is 0 Å². The Morgan fingerprint density at radius 1 is 1.07 bits per heavy atom. The SMILES string of the molecule is CCC#CC(=O)N(NC(=O)CNC1CC1)[C@@H](Cc1ccccc1)[C@H](O)CN(CC(C)C)S(=O)(=O)c1ccc2c(c1)OCO2. The summed E-state index contributed by atoms with van der Waals surface area (Å²) in [5, 5.41) is 15.9. The minimum atomic E-state index is -4.10. The van der Waals surface area contributed by atoms with Gasteiger partial charge in [0.25, 0.3) is 5.91 Å². The number of nitrogens with zero attached hydrogens (tertiary/aromatic N) is 2. The molecule has 1 fully saturated rings. The van der Waals surface area contributed by atoms with Crippen LogP contribution in [0.5, 0.6) is 11.5 Å². The van der Waals surface area contributed by atoms with E-state index in [1.807, 2.05) is 44.2 Å². The van der Waals surface area contributed by atoms with Gasteiger partial charge in [0.1, 0.15) is 0 Å². The molecule has 1 saturated carbocycles. The van der Waals surface area contributed by atoms with Crippen LogP contribution in [-0.2, 0) is 26.0 Å². The number of amides is 2. The van der Waals surface area contributed by atoms with Crippen molar-refractivity contribution < 1.29 is 32.6 Å². The zero-order valence-electron chi connectivity index (χ0n) is 24.8. The quantitative estimate of drug-likeness (QED) is 0.231. The lowest BCUT2D eigenvalue weighted by Crippen LogP contribution is -2.60. The van der Waals surface area contributed by atoms with Gasteiger partial charge in [0.2, 0.25) is 16.8 Å². The molecule has 0 aromatic heterocycles. The summed E-state index contributed by atoms with van der Waals surface area (Å²) in [6, 6.07) is 12.8. The number of carbonyl (C=O) groups excluding carboxylic acids is 2. The van der Waals surface area contributed by atoms with E-state index in [0.717, 1.165) is 23.4 Å². The van der Waals surface area contributed by atoms with Crippen molar-refractivity contribution in [1.29, 1.82) is 0 Å². The number of hydrogen-bond donors (Lipinski definition) is 3. The van der Waals surface area contributed by atoms with Gasteiger partial charge in [-0.05, 0) is 48.8 Å². The molecule has 0 saturated heterocycles. The lowest BCUT2D eigenvalue weighted by Gasteiger charge is -2.36. The number of hydrogen-bond acceptors (Lipinski definition) is 8. The van der Waals surface area contributed by atoms with Crippen LogP contribution >= 0.6 is 0 Å². The number of ether oxygens (including phenoxy) is 2. The van der Waals surface area contributed by atoms with Gasteiger partial charge < -0.3 is 19.9 Å². The fourth-order valence-electron chi connectivity index (χ4n) is 4.66. The van der Waals surface area contributed by atoms with Crippen molar-refractivity contribution >= 4 is 21.8 Å². The highest BCUT2D eigenvalue weighted by Gasteiger charge is 2.36. The summed E-state index contributed by atoms with van der Waals surface area (Å²) in [6.45, 7) is 5.30. The second-order valence-corrected chi connectivity index (χ2v) is 13.0. The molecule has 2 aromatic carbocycles. The highest BCUT2D eigenvalue weighted by molar-refractivity contribution is 7.89. The maximum Gasteiger partial charge on any atom is 0.317 e. The number of nitrogens with one attached hydrogen (secondary N) is 2. The Kier molecular flexibility index (Phi) is 11.0. The molecule has 1 heterocycles. The Balaban J connectivity index is 1.66. The number of aliphatic hydroxyl groups excluding tert-OH is 1. The summed E-state index contributed by atoms with van der Waals surface area (Å²) >= 11 is 0. The fraction of sp³-hybridized carbons (Fsp3) is 0.484. The van der Waals surface area contributed by atoms with Gasteiger partial charge >= 0.3 is 5.91 Å². The van der Waals surface area contributed by atoms with Gasteiger partial charge in [-0.2, -0.15) is 4.31 Å². The van der Waals surface area contributed by atoms with Crippen molar-refractivity contribution in [2.75, 3.05) is 26.4 Å². The van der Waals surface area contributed by atoms with E-state index in [2.05, 4.69) is 22.6 Å². The Morgan fingerprint density at radius 2 is 1.79 bits per heavy atom. The number of rotatable bonds is 13. The van der Waals surface area contributed by atoms with E-state index in [9.17, 15) is 23.1 Å². The second-order valence-electron chi connectivity index (χ2n) is 11.1. The molecule has 0 unspecified atom stereocenters. The fourth-order valence-corrected chi connectivity index (χ4v) is 6.29. The van der Waals surface area contributed by atoms with Gasteiger partial charge in [-0.3, -0.25) is 15.0 Å². The van der Waals surface area contributed by atoms with Crippen LogP contribution < -0.4 is 20.2 Å². The van der Waals surface area contributed by atoms with Crippen molar-refractivity contribution in [3.8, 4) is 23.3 Å². The summed E-state index contributed by atoms with van der Waals surface area (Å²) in [5.74, 6) is 4.80. The van der Waals surface area contributed by atoms with Crippen LogP contribution in [0.15, 0.2) is 53.4 Å². The van der Waals surface area contributed by atoms with Gasteiger partial charge in [-0.25, -0.2) is 13.4 Å². The maximum absolute atomic E-state index is 13.9. The van der Waals surface area contributed by atoms with Crippen molar-refractivity contribution in [2.45, 2.75) is 69.5 Å². The highest BCUT2D eigenvalue weighted by Crippen LogP contribution is 2.35. The van der Waals surface area contributed by atoms with Crippen LogP contribution in [0.2, 0.25) is 0 Å². The van der Waals surface area contributed by atoms with E-state index in [1.165, 1.54) is 22.5 Å². The molecule has 1 aliphatic carbocycles. The van der Waals surface area contributed by atoms with Crippen LogP contribution in [-0.4, -0.2) is 79.3 Å². The Labute approximate surface area is 253 Å². The topological polar surface area (TPSA) is 138 Å². The minimum absolute atomic E-state index is 0.00110. The number of carbonyl (C=O) groups is 2. The van der Waals surface area contributed by atoms with E-state index in [4.69, 9.17) is 9.47 Å². The summed E-state index contributed by atoms with van der Waals surface area (Å²) in [7, 11) is -4.10. The average molecular weight is 613 g/mol. The molecule has 0 bridgehead atoms. The van der Waals surface area contributed by atoms with Crippen molar-refractivity contribution in [1.82, 2.24) is 20.1 Å². The second kappa shape index (κ2) is 14.7. The van der Waals surface area contributed by atoms with E-state index in [-0.39, 0.29) is 49.7 Å². The minimum Gasteiger partial charge on any atom is -0.454 e. The van der Waals surface area contributed by atoms with E-state index in [1.54, 1.807) is 6.92 Å². The molecule has 0 radical (unpaired) electrons. The van der Waals surface area contributed by atoms with Crippen molar-refractivity contribution in [3.63, 3.8) is 0 Å². The molecule has 2 amide bonds. The summed E-state index contributed by atoms with van der Waals surface area (Å²) in [5.41, 5.74) is 3.43. The standard InChI is InChI=1S/C31H40N4O7S/c1-4-5-11-31(38)35(33-30(37)18-32-24-12-13-24)26(16-23-9-7-6-8-10-23)27(36)20-34(19-22(2)3)43(39,40)25-14-15-28-29(17-25)42-21-41-28/h6-10,14-15,17,22,24,26-27,32,36H,4,12-13,16,18-21H2,1-3H3,(H,33,37)/t26-,27+/m0/s1. The maximum atomic E-state index is 13.9. The third-order valence-corrected chi connectivity index (χ3v) is 8.80. The average Bonchev–Trinajstić information content (AvgIpc) is 3.70. The van der Waals surface area contributed by atoms with Crippen molar-refractivity contribution in [2.24, 2.45) is 5.92 Å².